The number of amides is 1. The summed E-state index contributed by atoms with van der Waals surface area (Å²) >= 11 is 3.09. The molecule has 0 unspecified atom stereocenters. The van der Waals surface area contributed by atoms with Crippen LogP contribution in [-0.4, -0.2) is 31.1 Å². The van der Waals surface area contributed by atoms with Crippen molar-refractivity contribution in [3.63, 3.8) is 0 Å². The Morgan fingerprint density at radius 3 is 2.83 bits per heavy atom. The van der Waals surface area contributed by atoms with E-state index in [1.807, 2.05) is 29.1 Å². The van der Waals surface area contributed by atoms with E-state index in [1.54, 1.807) is 23.6 Å². The zero-order valence-corrected chi connectivity index (χ0v) is 19.2. The van der Waals surface area contributed by atoms with Gasteiger partial charge in [0, 0.05) is 18.1 Å². The summed E-state index contributed by atoms with van der Waals surface area (Å²) in [6, 6.07) is 6.40. The number of thiazole rings is 1. The highest BCUT2D eigenvalue weighted by atomic mass is 32.2. The third-order valence-corrected chi connectivity index (χ3v) is 7.44. The molecule has 1 fully saturated rings. The van der Waals surface area contributed by atoms with E-state index in [0.717, 1.165) is 40.5 Å². The summed E-state index contributed by atoms with van der Waals surface area (Å²) in [6.45, 7) is 5.67. The second kappa shape index (κ2) is 9.26. The van der Waals surface area contributed by atoms with Gasteiger partial charge in [0.2, 0.25) is 11.1 Å². The molecule has 2 heterocycles. The molecule has 1 aliphatic carbocycles. The molecular formula is C21H26N6OS2. The minimum Gasteiger partial charge on any atom is -0.274 e. The smallest absolute Gasteiger partial charge is 0.230 e. The van der Waals surface area contributed by atoms with Crippen molar-refractivity contribution in [1.82, 2.24) is 25.2 Å². The van der Waals surface area contributed by atoms with E-state index in [9.17, 15) is 4.79 Å². The number of hydrogen-bond donors (Lipinski definition) is 0. The second-order valence-corrected chi connectivity index (χ2v) is 9.46. The first kappa shape index (κ1) is 21.0. The molecule has 7 nitrogen and oxygen atoms in total. The fraction of sp³-hybridized carbons (Fsp3) is 0.476. The molecule has 3 aromatic rings. The maximum Gasteiger partial charge on any atom is 0.230 e. The van der Waals surface area contributed by atoms with Crippen LogP contribution in [0.3, 0.4) is 0 Å². The minimum absolute atomic E-state index is 0.0431. The molecule has 0 spiro atoms. The number of aromatic nitrogens is 5. The molecule has 1 amide bonds. The maximum absolute atomic E-state index is 12.4. The number of tetrazole rings is 1. The summed E-state index contributed by atoms with van der Waals surface area (Å²) < 4.78 is 1.98. The Balaban J connectivity index is 1.50. The van der Waals surface area contributed by atoms with Gasteiger partial charge >= 0.3 is 0 Å². The molecule has 158 valence electrons. The Hall–Kier alpha value is -2.26. The highest BCUT2D eigenvalue weighted by molar-refractivity contribution is 7.98. The number of aryl methyl sites for hydroxylation is 1. The third-order valence-electron chi connectivity index (χ3n) is 5.60. The average Bonchev–Trinajstić information content (AvgIpc) is 3.40. The number of benzene rings is 1. The van der Waals surface area contributed by atoms with Crippen molar-refractivity contribution in [2.45, 2.75) is 69.8 Å². The van der Waals surface area contributed by atoms with Crippen LogP contribution in [0.2, 0.25) is 0 Å². The SMILES string of the molecule is CC(=O)N(c1nc(CSc2nnnn2C2CCCCC2)cs1)c1cccc(C)c1C. The molecule has 0 saturated heterocycles. The van der Waals surface area contributed by atoms with Crippen LogP contribution in [0.5, 0.6) is 0 Å². The fourth-order valence-electron chi connectivity index (χ4n) is 3.82. The number of hydrogen-bond acceptors (Lipinski definition) is 7. The van der Waals surface area contributed by atoms with Gasteiger partial charge in [0.15, 0.2) is 5.13 Å². The van der Waals surface area contributed by atoms with Gasteiger partial charge in [-0.15, -0.1) is 16.4 Å². The molecule has 1 aromatic carbocycles. The van der Waals surface area contributed by atoms with Crippen LogP contribution in [-0.2, 0) is 10.5 Å². The minimum atomic E-state index is -0.0431. The molecule has 30 heavy (non-hydrogen) atoms. The van der Waals surface area contributed by atoms with Gasteiger partial charge in [0.1, 0.15) is 0 Å². The third kappa shape index (κ3) is 4.41. The first-order valence-electron chi connectivity index (χ1n) is 10.3. The number of rotatable bonds is 6. The summed E-state index contributed by atoms with van der Waals surface area (Å²) in [5, 5.41) is 15.9. The quantitative estimate of drug-likeness (QED) is 0.487. The summed E-state index contributed by atoms with van der Waals surface area (Å²) in [7, 11) is 0. The van der Waals surface area contributed by atoms with E-state index < -0.39 is 0 Å². The summed E-state index contributed by atoms with van der Waals surface area (Å²) in [6.07, 6.45) is 6.06. The van der Waals surface area contributed by atoms with Crippen molar-refractivity contribution >= 4 is 39.8 Å². The molecule has 0 radical (unpaired) electrons. The Bertz CT molecular complexity index is 1020. The number of anilines is 2. The largest absolute Gasteiger partial charge is 0.274 e. The normalized spacial score (nSPS) is 14.8. The fourth-order valence-corrected chi connectivity index (χ4v) is 5.65. The van der Waals surface area contributed by atoms with Gasteiger partial charge in [-0.2, -0.15) is 0 Å². The lowest BCUT2D eigenvalue weighted by Gasteiger charge is -2.22. The standard InChI is InChI=1S/C21H26N6OS2/c1-14-8-7-11-19(15(14)2)26(16(3)28)20-22-17(12-29-20)13-30-21-23-24-25-27(21)18-9-5-4-6-10-18/h7-8,11-12,18H,4-6,9-10,13H2,1-3H3. The Morgan fingerprint density at radius 1 is 1.27 bits per heavy atom. The van der Waals surface area contributed by atoms with Crippen LogP contribution in [0.15, 0.2) is 28.7 Å². The number of thioether (sulfide) groups is 1. The van der Waals surface area contributed by atoms with Gasteiger partial charge in [0.05, 0.1) is 17.4 Å². The molecule has 9 heteroatoms. The van der Waals surface area contributed by atoms with Gasteiger partial charge < -0.3 is 0 Å². The second-order valence-electron chi connectivity index (χ2n) is 7.68. The lowest BCUT2D eigenvalue weighted by Crippen LogP contribution is -2.23. The van der Waals surface area contributed by atoms with Gasteiger partial charge in [-0.3, -0.25) is 9.69 Å². The van der Waals surface area contributed by atoms with E-state index in [2.05, 4.69) is 28.5 Å². The van der Waals surface area contributed by atoms with Crippen LogP contribution in [0.25, 0.3) is 0 Å². The van der Waals surface area contributed by atoms with Crippen molar-refractivity contribution < 1.29 is 4.79 Å². The number of carbonyl (C=O) groups is 1. The lowest BCUT2D eigenvalue weighted by molar-refractivity contribution is -0.115. The molecule has 1 saturated carbocycles. The zero-order valence-electron chi connectivity index (χ0n) is 17.5. The monoisotopic (exact) mass is 442 g/mol. The number of carbonyl (C=O) groups excluding carboxylic acids is 1. The zero-order chi connectivity index (χ0) is 21.1. The van der Waals surface area contributed by atoms with Crippen LogP contribution in [0, 0.1) is 13.8 Å². The summed E-state index contributed by atoms with van der Waals surface area (Å²) in [5.74, 6) is 0.626. The highest BCUT2D eigenvalue weighted by Gasteiger charge is 2.22. The predicted octanol–water partition coefficient (Wildman–Crippen LogP) is 5.23. The molecule has 4 rings (SSSR count). The molecule has 1 aliphatic rings. The van der Waals surface area contributed by atoms with Crippen LogP contribution >= 0.6 is 23.1 Å². The van der Waals surface area contributed by atoms with Crippen molar-refractivity contribution in [3.05, 3.63) is 40.4 Å². The molecule has 2 aromatic heterocycles. The van der Waals surface area contributed by atoms with Gasteiger partial charge in [-0.05, 0) is 54.3 Å². The molecule has 0 N–H and O–H groups in total. The van der Waals surface area contributed by atoms with E-state index in [4.69, 9.17) is 4.98 Å². The van der Waals surface area contributed by atoms with Crippen molar-refractivity contribution in [2.75, 3.05) is 4.90 Å². The first-order valence-corrected chi connectivity index (χ1v) is 12.1. The van der Waals surface area contributed by atoms with Crippen LogP contribution < -0.4 is 4.90 Å². The lowest BCUT2D eigenvalue weighted by atomic mass is 9.96. The van der Waals surface area contributed by atoms with Crippen molar-refractivity contribution in [3.8, 4) is 0 Å². The van der Waals surface area contributed by atoms with Crippen LogP contribution in [0.1, 0.15) is 61.9 Å². The molecule has 0 bridgehead atoms. The van der Waals surface area contributed by atoms with Crippen molar-refractivity contribution in [2.24, 2.45) is 0 Å². The Kier molecular flexibility index (Phi) is 6.48. The maximum atomic E-state index is 12.4. The highest BCUT2D eigenvalue weighted by Crippen LogP contribution is 2.34. The van der Waals surface area contributed by atoms with E-state index in [0.29, 0.717) is 16.9 Å². The van der Waals surface area contributed by atoms with Crippen molar-refractivity contribution in [1.29, 1.82) is 0 Å². The Morgan fingerprint density at radius 2 is 2.07 bits per heavy atom. The predicted molar refractivity (Wildman–Crippen MR) is 120 cm³/mol. The van der Waals surface area contributed by atoms with E-state index in [-0.39, 0.29) is 5.91 Å². The molecule has 0 atom stereocenters. The van der Waals surface area contributed by atoms with Gasteiger partial charge in [-0.1, -0.05) is 43.2 Å². The Labute approximate surface area is 184 Å². The summed E-state index contributed by atoms with van der Waals surface area (Å²) in [5.41, 5.74) is 4.05. The molecule has 0 aliphatic heterocycles. The first-order chi connectivity index (χ1) is 14.5. The van der Waals surface area contributed by atoms with E-state index in [1.165, 1.54) is 30.6 Å². The van der Waals surface area contributed by atoms with Gasteiger partial charge in [-0.25, -0.2) is 9.67 Å². The topological polar surface area (TPSA) is 76.8 Å². The van der Waals surface area contributed by atoms with Crippen LogP contribution in [0.4, 0.5) is 10.8 Å². The average molecular weight is 443 g/mol. The van der Waals surface area contributed by atoms with E-state index >= 15 is 0 Å². The summed E-state index contributed by atoms with van der Waals surface area (Å²) in [4.78, 5) is 18.9. The number of nitrogens with zero attached hydrogens (tertiary/aromatic N) is 6. The van der Waals surface area contributed by atoms with Gasteiger partial charge in [0.25, 0.3) is 0 Å². The molecular weight excluding hydrogens is 416 g/mol.